The number of methoxy groups -OCH3 is 1. The van der Waals surface area contributed by atoms with Crippen molar-refractivity contribution in [2.45, 2.75) is 13.0 Å². The second-order valence-corrected chi connectivity index (χ2v) is 4.41. The highest BCUT2D eigenvalue weighted by molar-refractivity contribution is 5.50. The van der Waals surface area contributed by atoms with Crippen molar-refractivity contribution in [3.8, 4) is 23.3 Å². The summed E-state index contributed by atoms with van der Waals surface area (Å²) in [7, 11) is 1.43. The number of benzene rings is 2. The van der Waals surface area contributed by atoms with E-state index < -0.39 is 11.9 Å². The van der Waals surface area contributed by atoms with Crippen LogP contribution in [0.2, 0.25) is 0 Å². The molecule has 4 nitrogen and oxygen atoms in total. The average molecular weight is 287 g/mol. The van der Waals surface area contributed by atoms with E-state index in [4.69, 9.17) is 14.7 Å². The Kier molecular flexibility index (Phi) is 4.41. The van der Waals surface area contributed by atoms with E-state index >= 15 is 0 Å². The predicted octanol–water partition coefficient (Wildman–Crippen LogP) is 3.55. The van der Waals surface area contributed by atoms with Crippen LogP contribution in [0.4, 0.5) is 4.39 Å². The first-order valence-corrected chi connectivity index (χ1v) is 6.29. The predicted molar refractivity (Wildman–Crippen MR) is 74.8 cm³/mol. The summed E-state index contributed by atoms with van der Waals surface area (Å²) >= 11 is 0. The first-order chi connectivity index (χ1) is 10.1. The SMILES string of the molecule is COc1cc(C#N)ccc1Oc1c(F)cccc1C(C)O. The Morgan fingerprint density at radius 1 is 1.24 bits per heavy atom. The van der Waals surface area contributed by atoms with Crippen molar-refractivity contribution in [1.29, 1.82) is 5.26 Å². The standard InChI is InChI=1S/C16H14FNO3/c1-10(19)12-4-3-5-13(17)16(12)21-14-7-6-11(9-18)8-15(14)20-2/h3-8,10,19H,1-2H3. The molecule has 0 fully saturated rings. The van der Waals surface area contributed by atoms with Crippen molar-refractivity contribution in [3.05, 3.63) is 53.3 Å². The number of ether oxygens (including phenoxy) is 2. The van der Waals surface area contributed by atoms with E-state index in [1.807, 2.05) is 6.07 Å². The summed E-state index contributed by atoms with van der Waals surface area (Å²) in [6.07, 6.45) is -0.875. The number of aliphatic hydroxyl groups excluding tert-OH is 1. The van der Waals surface area contributed by atoms with Gasteiger partial charge >= 0.3 is 0 Å². The Hall–Kier alpha value is -2.58. The van der Waals surface area contributed by atoms with Crippen molar-refractivity contribution in [2.75, 3.05) is 7.11 Å². The summed E-state index contributed by atoms with van der Waals surface area (Å²) in [6.45, 7) is 1.53. The zero-order valence-electron chi connectivity index (χ0n) is 11.6. The van der Waals surface area contributed by atoms with Crippen molar-refractivity contribution in [2.24, 2.45) is 0 Å². The van der Waals surface area contributed by atoms with Crippen molar-refractivity contribution in [3.63, 3.8) is 0 Å². The number of hydrogen-bond donors (Lipinski definition) is 1. The van der Waals surface area contributed by atoms with Crippen LogP contribution in [0, 0.1) is 17.1 Å². The first-order valence-electron chi connectivity index (χ1n) is 6.29. The van der Waals surface area contributed by atoms with Gasteiger partial charge in [0, 0.05) is 11.6 Å². The van der Waals surface area contributed by atoms with Gasteiger partial charge in [-0.25, -0.2) is 4.39 Å². The smallest absolute Gasteiger partial charge is 0.169 e. The van der Waals surface area contributed by atoms with Gasteiger partial charge in [0.2, 0.25) is 0 Å². The van der Waals surface area contributed by atoms with Crippen LogP contribution in [0.3, 0.4) is 0 Å². The average Bonchev–Trinajstić information content (AvgIpc) is 2.49. The van der Waals surface area contributed by atoms with Crippen LogP contribution in [-0.2, 0) is 0 Å². The lowest BCUT2D eigenvalue weighted by atomic mass is 10.1. The minimum atomic E-state index is -0.875. The van der Waals surface area contributed by atoms with Gasteiger partial charge in [-0.3, -0.25) is 0 Å². The van der Waals surface area contributed by atoms with Crippen molar-refractivity contribution >= 4 is 0 Å². The van der Waals surface area contributed by atoms with Crippen LogP contribution < -0.4 is 9.47 Å². The lowest BCUT2D eigenvalue weighted by Crippen LogP contribution is -2.00. The Morgan fingerprint density at radius 3 is 2.62 bits per heavy atom. The van der Waals surface area contributed by atoms with E-state index in [0.29, 0.717) is 16.9 Å². The second-order valence-electron chi connectivity index (χ2n) is 4.41. The van der Waals surface area contributed by atoms with Gasteiger partial charge in [0.1, 0.15) is 0 Å². The number of nitriles is 1. The maximum Gasteiger partial charge on any atom is 0.169 e. The molecule has 0 aliphatic rings. The second kappa shape index (κ2) is 6.25. The molecule has 0 aliphatic heterocycles. The van der Waals surface area contributed by atoms with Gasteiger partial charge in [-0.05, 0) is 25.1 Å². The van der Waals surface area contributed by atoms with E-state index in [1.165, 1.54) is 38.3 Å². The molecule has 0 amide bonds. The van der Waals surface area contributed by atoms with Gasteiger partial charge in [-0.1, -0.05) is 12.1 Å². The molecule has 21 heavy (non-hydrogen) atoms. The number of halogens is 1. The van der Waals surface area contributed by atoms with Crippen LogP contribution in [-0.4, -0.2) is 12.2 Å². The molecule has 5 heteroatoms. The molecule has 0 spiro atoms. The van der Waals surface area contributed by atoms with E-state index in [1.54, 1.807) is 12.1 Å². The normalized spacial score (nSPS) is 11.6. The zero-order chi connectivity index (χ0) is 15.4. The first kappa shape index (κ1) is 14.8. The molecule has 1 N–H and O–H groups in total. The van der Waals surface area contributed by atoms with Gasteiger partial charge in [-0.2, -0.15) is 5.26 Å². The highest BCUT2D eigenvalue weighted by atomic mass is 19.1. The lowest BCUT2D eigenvalue weighted by molar-refractivity contribution is 0.194. The molecule has 2 aromatic rings. The topological polar surface area (TPSA) is 62.5 Å². The Morgan fingerprint density at radius 2 is 2.00 bits per heavy atom. The van der Waals surface area contributed by atoms with Gasteiger partial charge in [0.05, 0.1) is 24.8 Å². The summed E-state index contributed by atoms with van der Waals surface area (Å²) < 4.78 is 24.6. The number of hydrogen-bond acceptors (Lipinski definition) is 4. The molecular formula is C16H14FNO3. The van der Waals surface area contributed by atoms with E-state index in [0.717, 1.165) is 0 Å². The van der Waals surface area contributed by atoms with Crippen LogP contribution in [0.5, 0.6) is 17.2 Å². The Balaban J connectivity index is 2.46. The van der Waals surface area contributed by atoms with Crippen LogP contribution >= 0.6 is 0 Å². The highest BCUT2D eigenvalue weighted by Gasteiger charge is 2.16. The molecule has 0 saturated carbocycles. The number of nitrogens with zero attached hydrogens (tertiary/aromatic N) is 1. The minimum absolute atomic E-state index is 0.0597. The number of aliphatic hydroxyl groups is 1. The maximum atomic E-state index is 13.9. The van der Waals surface area contributed by atoms with Crippen LogP contribution in [0.25, 0.3) is 0 Å². The molecule has 0 bridgehead atoms. The van der Waals surface area contributed by atoms with Gasteiger partial charge in [0.15, 0.2) is 23.1 Å². The summed E-state index contributed by atoms with van der Waals surface area (Å²) in [5.74, 6) is -0.0623. The highest BCUT2D eigenvalue weighted by Crippen LogP contribution is 2.37. The minimum Gasteiger partial charge on any atom is -0.493 e. The van der Waals surface area contributed by atoms with Crippen LogP contribution in [0.15, 0.2) is 36.4 Å². The maximum absolute atomic E-state index is 13.9. The number of para-hydroxylation sites is 1. The summed E-state index contributed by atoms with van der Waals surface area (Å²) in [5.41, 5.74) is 0.741. The Bertz CT molecular complexity index is 692. The van der Waals surface area contributed by atoms with Crippen molar-refractivity contribution < 1.29 is 19.0 Å². The molecule has 0 saturated heterocycles. The summed E-state index contributed by atoms with van der Waals surface area (Å²) in [5, 5.41) is 18.6. The Labute approximate surface area is 122 Å². The van der Waals surface area contributed by atoms with Gasteiger partial charge < -0.3 is 14.6 Å². The monoisotopic (exact) mass is 287 g/mol. The zero-order valence-corrected chi connectivity index (χ0v) is 11.6. The fourth-order valence-corrected chi connectivity index (χ4v) is 1.89. The quantitative estimate of drug-likeness (QED) is 0.934. The third-order valence-electron chi connectivity index (χ3n) is 2.95. The molecule has 0 aliphatic carbocycles. The summed E-state index contributed by atoms with van der Waals surface area (Å²) in [4.78, 5) is 0. The fourth-order valence-electron chi connectivity index (χ4n) is 1.89. The number of rotatable bonds is 4. The van der Waals surface area contributed by atoms with Crippen molar-refractivity contribution in [1.82, 2.24) is 0 Å². The lowest BCUT2D eigenvalue weighted by Gasteiger charge is -2.15. The molecule has 2 rings (SSSR count). The molecule has 0 heterocycles. The van der Waals surface area contributed by atoms with Crippen LogP contribution in [0.1, 0.15) is 24.2 Å². The van der Waals surface area contributed by atoms with E-state index in [2.05, 4.69) is 0 Å². The van der Waals surface area contributed by atoms with E-state index in [-0.39, 0.29) is 11.5 Å². The molecule has 0 radical (unpaired) electrons. The van der Waals surface area contributed by atoms with Gasteiger partial charge in [0.25, 0.3) is 0 Å². The molecule has 1 atom stereocenters. The third-order valence-corrected chi connectivity index (χ3v) is 2.95. The molecule has 0 aromatic heterocycles. The molecule has 108 valence electrons. The summed E-state index contributed by atoms with van der Waals surface area (Å²) in [6, 6.07) is 10.9. The van der Waals surface area contributed by atoms with Gasteiger partial charge in [-0.15, -0.1) is 0 Å². The molecule has 1 unspecified atom stereocenters. The molecule has 2 aromatic carbocycles. The van der Waals surface area contributed by atoms with E-state index in [9.17, 15) is 9.50 Å². The third kappa shape index (κ3) is 3.12. The fraction of sp³-hybridized carbons (Fsp3) is 0.188. The molecular weight excluding hydrogens is 273 g/mol. The largest absolute Gasteiger partial charge is 0.493 e.